The normalized spacial score (nSPS) is 16.8. The maximum Gasteiger partial charge on any atom is 0.338 e. The summed E-state index contributed by atoms with van der Waals surface area (Å²) in [5, 5.41) is 0. The van der Waals surface area contributed by atoms with Gasteiger partial charge >= 0.3 is 11.9 Å². The van der Waals surface area contributed by atoms with Crippen LogP contribution in [0.3, 0.4) is 0 Å². The van der Waals surface area contributed by atoms with Crippen molar-refractivity contribution in [2.75, 3.05) is 13.7 Å². The van der Waals surface area contributed by atoms with Crippen molar-refractivity contribution in [2.45, 2.75) is 58.3 Å². The number of allylic oxidation sites excluding steroid dienone is 2. The molecule has 0 unspecified atom stereocenters. The number of fused-ring (bicyclic) bond motifs is 1. The van der Waals surface area contributed by atoms with Crippen LogP contribution in [0.4, 0.5) is 0 Å². The van der Waals surface area contributed by atoms with Crippen LogP contribution in [0.1, 0.15) is 80.1 Å². The van der Waals surface area contributed by atoms with E-state index in [0.717, 1.165) is 29.5 Å². The molecule has 0 bridgehead atoms. The van der Waals surface area contributed by atoms with Gasteiger partial charge < -0.3 is 9.47 Å². The average molecular weight is 447 g/mol. The Kier molecular flexibility index (Phi) is 7.26. The van der Waals surface area contributed by atoms with Crippen LogP contribution in [-0.2, 0) is 25.1 Å². The largest absolute Gasteiger partial charge is 0.466 e. The van der Waals surface area contributed by atoms with Crippen molar-refractivity contribution in [1.29, 1.82) is 0 Å². The molecule has 3 rings (SSSR count). The fraction of sp³-hybridized carbons (Fsp3) is 0.379. The number of methoxy groups -OCH3 is 1. The molecule has 0 heterocycles. The van der Waals surface area contributed by atoms with Crippen molar-refractivity contribution in [3.8, 4) is 0 Å². The number of carbonyl (C=O) groups is 2. The van der Waals surface area contributed by atoms with Gasteiger partial charge in [-0.05, 0) is 82.7 Å². The molecular weight excluding hydrogens is 412 g/mol. The van der Waals surface area contributed by atoms with Crippen molar-refractivity contribution in [3.63, 3.8) is 0 Å². The fourth-order valence-electron chi connectivity index (χ4n) is 4.37. The van der Waals surface area contributed by atoms with E-state index in [1.165, 1.54) is 24.3 Å². The van der Waals surface area contributed by atoms with Crippen LogP contribution in [-0.4, -0.2) is 25.7 Å². The summed E-state index contributed by atoms with van der Waals surface area (Å²) in [5.74, 6) is -0.802. The molecule has 33 heavy (non-hydrogen) atoms. The first-order valence-corrected chi connectivity index (χ1v) is 11.5. The Bertz CT molecular complexity index is 1100. The van der Waals surface area contributed by atoms with Crippen LogP contribution in [0.25, 0.3) is 11.6 Å². The van der Waals surface area contributed by atoms with Gasteiger partial charge in [0.05, 0.1) is 19.3 Å². The monoisotopic (exact) mass is 446 g/mol. The SMILES string of the molecule is CCOC(=O)c1cccc(C(C=CC(=O)OC)=Cc2ccc3c(c2)C(C)(C)CCC3(C)C)c1. The smallest absolute Gasteiger partial charge is 0.338 e. The van der Waals surface area contributed by atoms with Gasteiger partial charge in [0.1, 0.15) is 0 Å². The first kappa shape index (κ1) is 24.5. The highest BCUT2D eigenvalue weighted by Gasteiger charge is 2.36. The topological polar surface area (TPSA) is 52.6 Å². The lowest BCUT2D eigenvalue weighted by Gasteiger charge is -2.42. The Hall–Kier alpha value is -3.14. The number of carbonyl (C=O) groups excluding carboxylic acids is 2. The standard InChI is InChI=1S/C29H34O4/c1-7-33-27(31)23-10-8-9-21(19-23)22(12-14-26(30)32-6)17-20-11-13-24-25(18-20)29(4,5)16-15-28(24,2)3/h8-14,17-19H,7,15-16H2,1-6H3. The molecule has 4 heteroatoms. The summed E-state index contributed by atoms with van der Waals surface area (Å²) in [6, 6.07) is 13.9. The van der Waals surface area contributed by atoms with Gasteiger partial charge in [0.25, 0.3) is 0 Å². The molecule has 0 amide bonds. The van der Waals surface area contributed by atoms with Gasteiger partial charge in [-0.3, -0.25) is 0 Å². The van der Waals surface area contributed by atoms with Gasteiger partial charge in [-0.25, -0.2) is 9.59 Å². The molecule has 174 valence electrons. The molecule has 4 nitrogen and oxygen atoms in total. The quantitative estimate of drug-likeness (QED) is 0.220. The molecule has 0 saturated carbocycles. The van der Waals surface area contributed by atoms with E-state index in [4.69, 9.17) is 9.47 Å². The van der Waals surface area contributed by atoms with Gasteiger partial charge in [-0.15, -0.1) is 0 Å². The summed E-state index contributed by atoms with van der Waals surface area (Å²) in [6.45, 7) is 11.3. The molecule has 0 radical (unpaired) electrons. The van der Waals surface area contributed by atoms with E-state index < -0.39 is 5.97 Å². The maximum absolute atomic E-state index is 12.2. The first-order valence-electron chi connectivity index (χ1n) is 11.5. The Labute approximate surface area is 197 Å². The molecule has 1 aliphatic carbocycles. The zero-order valence-electron chi connectivity index (χ0n) is 20.5. The van der Waals surface area contributed by atoms with E-state index in [1.807, 2.05) is 18.2 Å². The molecule has 2 aromatic rings. The van der Waals surface area contributed by atoms with Crippen molar-refractivity contribution >= 4 is 23.6 Å². The summed E-state index contributed by atoms with van der Waals surface area (Å²) in [7, 11) is 1.35. The minimum Gasteiger partial charge on any atom is -0.466 e. The second-order valence-corrected chi connectivity index (χ2v) is 9.83. The summed E-state index contributed by atoms with van der Waals surface area (Å²) in [5.41, 5.74) is 6.15. The van der Waals surface area contributed by atoms with Crippen molar-refractivity contribution < 1.29 is 19.1 Å². The summed E-state index contributed by atoms with van der Waals surface area (Å²) in [4.78, 5) is 24.0. The molecular formula is C29H34O4. The Morgan fingerprint density at radius 2 is 1.58 bits per heavy atom. The minimum absolute atomic E-state index is 0.0978. The third-order valence-corrected chi connectivity index (χ3v) is 6.51. The average Bonchev–Trinajstić information content (AvgIpc) is 2.79. The lowest BCUT2D eigenvalue weighted by molar-refractivity contribution is -0.134. The highest BCUT2D eigenvalue weighted by Crippen LogP contribution is 2.46. The molecule has 0 saturated heterocycles. The van der Waals surface area contributed by atoms with Crippen LogP contribution >= 0.6 is 0 Å². The van der Waals surface area contributed by atoms with E-state index >= 15 is 0 Å². The van der Waals surface area contributed by atoms with Crippen LogP contribution in [0.15, 0.2) is 54.6 Å². The molecule has 0 aromatic heterocycles. The predicted octanol–water partition coefficient (Wildman–Crippen LogP) is 6.48. The van der Waals surface area contributed by atoms with E-state index in [1.54, 1.807) is 25.1 Å². The van der Waals surface area contributed by atoms with Crippen LogP contribution in [0, 0.1) is 0 Å². The van der Waals surface area contributed by atoms with E-state index in [-0.39, 0.29) is 16.8 Å². The number of hydrogen-bond donors (Lipinski definition) is 0. The van der Waals surface area contributed by atoms with Gasteiger partial charge in [-0.1, -0.05) is 58.0 Å². The number of rotatable bonds is 6. The van der Waals surface area contributed by atoms with Gasteiger partial charge in [0, 0.05) is 6.08 Å². The van der Waals surface area contributed by atoms with Crippen LogP contribution in [0.5, 0.6) is 0 Å². The zero-order chi connectivity index (χ0) is 24.2. The highest BCUT2D eigenvalue weighted by molar-refractivity contribution is 5.95. The van der Waals surface area contributed by atoms with Crippen LogP contribution < -0.4 is 0 Å². The number of hydrogen-bond acceptors (Lipinski definition) is 4. The number of ether oxygens (including phenoxy) is 2. The van der Waals surface area contributed by atoms with Gasteiger partial charge in [0.15, 0.2) is 0 Å². The Morgan fingerprint density at radius 3 is 2.24 bits per heavy atom. The van der Waals surface area contributed by atoms with Gasteiger partial charge in [-0.2, -0.15) is 0 Å². The predicted molar refractivity (Wildman–Crippen MR) is 133 cm³/mol. The van der Waals surface area contributed by atoms with Crippen LogP contribution in [0.2, 0.25) is 0 Å². The summed E-state index contributed by atoms with van der Waals surface area (Å²) in [6.07, 6.45) is 7.47. The minimum atomic E-state index is -0.434. The second-order valence-electron chi connectivity index (χ2n) is 9.83. The fourth-order valence-corrected chi connectivity index (χ4v) is 4.37. The number of benzene rings is 2. The summed E-state index contributed by atoms with van der Waals surface area (Å²) < 4.78 is 9.93. The molecule has 0 atom stereocenters. The second kappa shape index (κ2) is 9.78. The molecule has 2 aromatic carbocycles. The van der Waals surface area contributed by atoms with Gasteiger partial charge in [0.2, 0.25) is 0 Å². The summed E-state index contributed by atoms with van der Waals surface area (Å²) >= 11 is 0. The van der Waals surface area contributed by atoms with Crippen molar-refractivity contribution in [1.82, 2.24) is 0 Å². The van der Waals surface area contributed by atoms with Crippen molar-refractivity contribution in [2.24, 2.45) is 0 Å². The lowest BCUT2D eigenvalue weighted by Crippen LogP contribution is -2.33. The highest BCUT2D eigenvalue weighted by atomic mass is 16.5. The third-order valence-electron chi connectivity index (χ3n) is 6.51. The Balaban J connectivity index is 2.10. The zero-order valence-corrected chi connectivity index (χ0v) is 20.5. The Morgan fingerprint density at radius 1 is 0.909 bits per heavy atom. The van der Waals surface area contributed by atoms with E-state index in [9.17, 15) is 9.59 Å². The molecule has 0 aliphatic heterocycles. The molecule has 0 spiro atoms. The molecule has 1 aliphatic rings. The molecule has 0 fully saturated rings. The lowest BCUT2D eigenvalue weighted by atomic mass is 9.63. The molecule has 0 N–H and O–H groups in total. The first-order chi connectivity index (χ1) is 15.6. The maximum atomic E-state index is 12.2. The van der Waals surface area contributed by atoms with Crippen molar-refractivity contribution in [3.05, 3.63) is 82.4 Å². The third kappa shape index (κ3) is 5.62. The van der Waals surface area contributed by atoms with E-state index in [0.29, 0.717) is 12.2 Å². The van der Waals surface area contributed by atoms with E-state index in [2.05, 4.69) is 45.9 Å². The number of esters is 2.